The Bertz CT molecular complexity index is 803. The van der Waals surface area contributed by atoms with Gasteiger partial charge in [-0.2, -0.15) is 0 Å². The van der Waals surface area contributed by atoms with Crippen LogP contribution >= 0.6 is 11.8 Å². The molecule has 0 aromatic heterocycles. The van der Waals surface area contributed by atoms with Gasteiger partial charge in [-0.25, -0.2) is 4.79 Å². The summed E-state index contributed by atoms with van der Waals surface area (Å²) in [5.74, 6) is -0.713. The zero-order valence-electron chi connectivity index (χ0n) is 15.3. The summed E-state index contributed by atoms with van der Waals surface area (Å²) in [6, 6.07) is 9.45. The normalized spacial score (nSPS) is 21.3. The second-order valence-electron chi connectivity index (χ2n) is 6.45. The molecule has 2 heterocycles. The van der Waals surface area contributed by atoms with Gasteiger partial charge in [0.15, 0.2) is 0 Å². The van der Waals surface area contributed by atoms with Gasteiger partial charge in [0.1, 0.15) is 12.3 Å². The molecule has 2 aliphatic heterocycles. The predicted molar refractivity (Wildman–Crippen MR) is 103 cm³/mol. The highest BCUT2D eigenvalue weighted by Crippen LogP contribution is 2.47. The number of nitrogens with one attached hydrogen (secondary N) is 1. The lowest BCUT2D eigenvalue weighted by Gasteiger charge is -2.43. The summed E-state index contributed by atoms with van der Waals surface area (Å²) in [7, 11) is 0. The highest BCUT2D eigenvalue weighted by Gasteiger charge is 2.54. The fourth-order valence-electron chi connectivity index (χ4n) is 3.36. The molecule has 1 N–H and O–H groups in total. The lowest BCUT2D eigenvalue weighted by atomic mass is 9.85. The van der Waals surface area contributed by atoms with Gasteiger partial charge in [0.2, 0.25) is 11.8 Å². The third kappa shape index (κ3) is 4.08. The minimum absolute atomic E-state index is 0.0180. The Morgan fingerprint density at radius 3 is 2.74 bits per heavy atom. The van der Waals surface area contributed by atoms with Crippen LogP contribution in [0.4, 0.5) is 0 Å². The molecule has 0 aliphatic carbocycles. The molecule has 2 aliphatic rings. The zero-order valence-corrected chi connectivity index (χ0v) is 16.1. The Hall–Kier alpha value is -2.54. The summed E-state index contributed by atoms with van der Waals surface area (Å²) in [6.07, 6.45) is 2.92. The van der Waals surface area contributed by atoms with Gasteiger partial charge >= 0.3 is 5.97 Å². The molecular formula is C20H22N2O4S. The summed E-state index contributed by atoms with van der Waals surface area (Å²) in [6.45, 7) is 3.56. The van der Waals surface area contributed by atoms with Gasteiger partial charge < -0.3 is 15.0 Å². The molecule has 0 spiro atoms. The van der Waals surface area contributed by atoms with E-state index in [2.05, 4.69) is 5.32 Å². The summed E-state index contributed by atoms with van der Waals surface area (Å²) in [4.78, 5) is 38.5. The molecule has 1 fully saturated rings. The number of ether oxygens (including phenoxy) is 1. The van der Waals surface area contributed by atoms with Gasteiger partial charge in [0.25, 0.3) is 0 Å². The number of carbonyl (C=O) groups excluding carboxylic acids is 3. The van der Waals surface area contributed by atoms with Crippen LogP contribution in [0.3, 0.4) is 0 Å². The van der Waals surface area contributed by atoms with Crippen LogP contribution in [0.2, 0.25) is 0 Å². The quantitative estimate of drug-likeness (QED) is 0.576. The minimum Gasteiger partial charge on any atom is -0.456 e. The highest BCUT2D eigenvalue weighted by molar-refractivity contribution is 8.05. The summed E-state index contributed by atoms with van der Waals surface area (Å²) in [5.41, 5.74) is 1.23. The Morgan fingerprint density at radius 2 is 2.07 bits per heavy atom. The van der Waals surface area contributed by atoms with Gasteiger partial charge in [-0.1, -0.05) is 49.0 Å². The van der Waals surface area contributed by atoms with Crippen molar-refractivity contribution in [2.45, 2.75) is 39.3 Å². The molecule has 0 bridgehead atoms. The molecule has 142 valence electrons. The van der Waals surface area contributed by atoms with Crippen LogP contribution in [0, 0.1) is 5.92 Å². The van der Waals surface area contributed by atoms with Crippen LogP contribution in [0.5, 0.6) is 0 Å². The number of hydrogen-bond acceptors (Lipinski definition) is 5. The number of rotatable bonds is 7. The third-order valence-electron chi connectivity index (χ3n) is 4.66. The highest BCUT2D eigenvalue weighted by atomic mass is 32.2. The van der Waals surface area contributed by atoms with E-state index in [-0.39, 0.29) is 30.4 Å². The number of nitrogens with zero attached hydrogens (tertiary/aromatic N) is 1. The van der Waals surface area contributed by atoms with Crippen molar-refractivity contribution in [2.24, 2.45) is 5.92 Å². The van der Waals surface area contributed by atoms with Gasteiger partial charge in [-0.3, -0.25) is 9.59 Å². The Balaban J connectivity index is 1.74. The van der Waals surface area contributed by atoms with E-state index in [4.69, 9.17) is 4.74 Å². The van der Waals surface area contributed by atoms with E-state index in [9.17, 15) is 14.4 Å². The molecule has 0 unspecified atom stereocenters. The fourth-order valence-corrected chi connectivity index (χ4v) is 4.22. The maximum absolute atomic E-state index is 12.7. The molecule has 7 heteroatoms. The van der Waals surface area contributed by atoms with Gasteiger partial charge in [-0.05, 0) is 17.4 Å². The van der Waals surface area contributed by atoms with Crippen molar-refractivity contribution < 1.29 is 19.1 Å². The first-order valence-electron chi connectivity index (χ1n) is 8.89. The molecule has 2 atom stereocenters. The lowest BCUT2D eigenvalue weighted by Crippen LogP contribution is -2.58. The van der Waals surface area contributed by atoms with E-state index in [1.165, 1.54) is 24.9 Å². The Morgan fingerprint density at radius 1 is 1.33 bits per heavy atom. The van der Waals surface area contributed by atoms with E-state index >= 15 is 0 Å². The lowest BCUT2D eigenvalue weighted by molar-refractivity contribution is -0.157. The molecule has 2 amide bonds. The number of thioether (sulfide) groups is 1. The number of benzene rings is 1. The molecule has 1 aromatic carbocycles. The van der Waals surface area contributed by atoms with E-state index in [1.807, 2.05) is 37.3 Å². The number of carbonyl (C=O) groups is 3. The number of fused-ring (bicyclic) bond motifs is 1. The second kappa shape index (κ2) is 8.43. The molecular weight excluding hydrogens is 364 g/mol. The monoisotopic (exact) mass is 386 g/mol. The first kappa shape index (κ1) is 19.2. The van der Waals surface area contributed by atoms with Crippen molar-refractivity contribution in [3.05, 3.63) is 58.1 Å². The van der Waals surface area contributed by atoms with Crippen molar-refractivity contribution in [3.8, 4) is 0 Å². The van der Waals surface area contributed by atoms with Crippen LogP contribution < -0.4 is 5.32 Å². The first-order chi connectivity index (χ1) is 13.0. The van der Waals surface area contributed by atoms with Crippen LogP contribution in [-0.2, 0) is 25.7 Å². The Labute approximate surface area is 162 Å². The average molecular weight is 386 g/mol. The summed E-state index contributed by atoms with van der Waals surface area (Å²) >= 11 is 1.34. The largest absolute Gasteiger partial charge is 0.456 e. The number of amides is 2. The molecule has 27 heavy (non-hydrogen) atoms. The van der Waals surface area contributed by atoms with Crippen LogP contribution in [-0.4, -0.2) is 28.7 Å². The molecule has 1 saturated heterocycles. The third-order valence-corrected chi connectivity index (χ3v) is 5.58. The number of esters is 1. The van der Waals surface area contributed by atoms with Crippen molar-refractivity contribution in [1.29, 1.82) is 0 Å². The number of hydrogen-bond donors (Lipinski definition) is 1. The SMILES string of the molecule is CC[C@H]1C(=O)N2C(C(=O)OCc3ccccc3)=C(SC=CNC(C)=O)C[C@H]12. The topological polar surface area (TPSA) is 75.7 Å². The Kier molecular flexibility index (Phi) is 6.01. The maximum atomic E-state index is 12.7. The van der Waals surface area contributed by atoms with Gasteiger partial charge in [0.05, 0.1) is 12.0 Å². The van der Waals surface area contributed by atoms with Crippen molar-refractivity contribution in [2.75, 3.05) is 0 Å². The fraction of sp³-hybridized carbons (Fsp3) is 0.350. The maximum Gasteiger partial charge on any atom is 0.356 e. The van der Waals surface area contributed by atoms with E-state index in [1.54, 1.807) is 10.3 Å². The standard InChI is InChI=1S/C20H22N2O4S/c1-3-15-16-11-17(27-10-9-21-13(2)23)18(22(16)19(15)24)20(25)26-12-14-7-5-4-6-8-14/h4-10,15-16H,3,11-12H2,1-2H3,(H,21,23)/t15-,16-/m1/s1. The summed E-state index contributed by atoms with van der Waals surface area (Å²) in [5, 5.41) is 4.27. The molecule has 6 nitrogen and oxygen atoms in total. The van der Waals surface area contributed by atoms with Gasteiger partial charge in [0, 0.05) is 24.4 Å². The van der Waals surface area contributed by atoms with E-state index in [0.29, 0.717) is 12.1 Å². The van der Waals surface area contributed by atoms with Crippen molar-refractivity contribution in [3.63, 3.8) is 0 Å². The second-order valence-corrected chi connectivity index (χ2v) is 7.45. The van der Waals surface area contributed by atoms with Crippen LogP contribution in [0.1, 0.15) is 32.3 Å². The van der Waals surface area contributed by atoms with E-state index < -0.39 is 5.97 Å². The van der Waals surface area contributed by atoms with Crippen LogP contribution in [0.25, 0.3) is 0 Å². The van der Waals surface area contributed by atoms with Crippen molar-refractivity contribution in [1.82, 2.24) is 10.2 Å². The summed E-state index contributed by atoms with van der Waals surface area (Å²) < 4.78 is 5.46. The minimum atomic E-state index is -0.486. The average Bonchev–Trinajstić information content (AvgIpc) is 2.99. The molecule has 0 radical (unpaired) electrons. The zero-order chi connectivity index (χ0) is 19.4. The van der Waals surface area contributed by atoms with Crippen LogP contribution in [0.15, 0.2) is 52.5 Å². The first-order valence-corrected chi connectivity index (χ1v) is 9.77. The smallest absolute Gasteiger partial charge is 0.356 e. The number of β-lactam (4-membered cyclic amide) rings is 1. The predicted octanol–water partition coefficient (Wildman–Crippen LogP) is 2.92. The van der Waals surface area contributed by atoms with E-state index in [0.717, 1.165) is 16.9 Å². The molecule has 0 saturated carbocycles. The molecule has 1 aromatic rings. The molecule has 3 rings (SSSR count). The van der Waals surface area contributed by atoms with Crippen molar-refractivity contribution >= 4 is 29.5 Å². The van der Waals surface area contributed by atoms with Gasteiger partial charge in [-0.15, -0.1) is 0 Å².